The minimum absolute atomic E-state index is 0.648. The van der Waals surface area contributed by atoms with Crippen molar-refractivity contribution in [1.82, 2.24) is 9.78 Å². The predicted octanol–water partition coefficient (Wildman–Crippen LogP) is 3.61. The van der Waals surface area contributed by atoms with Gasteiger partial charge in [-0.3, -0.25) is 0 Å². The smallest absolute Gasteiger partial charge is 0.141 e. The number of para-hydroxylation sites is 1. The van der Waals surface area contributed by atoms with Crippen molar-refractivity contribution >= 4 is 29.2 Å². The zero-order valence-corrected chi connectivity index (χ0v) is 11.1. The van der Waals surface area contributed by atoms with E-state index >= 15 is 0 Å². The lowest BCUT2D eigenvalue weighted by molar-refractivity contribution is 0.891. The molecule has 0 unspecified atom stereocenters. The van der Waals surface area contributed by atoms with E-state index in [1.165, 1.54) is 0 Å². The maximum Gasteiger partial charge on any atom is 0.141 e. The van der Waals surface area contributed by atoms with E-state index in [2.05, 4.69) is 12.0 Å². The van der Waals surface area contributed by atoms with Crippen LogP contribution in [-0.2, 0) is 0 Å². The van der Waals surface area contributed by atoms with Gasteiger partial charge in [0.1, 0.15) is 5.82 Å². The summed E-state index contributed by atoms with van der Waals surface area (Å²) in [6, 6.07) is 7.54. The summed E-state index contributed by atoms with van der Waals surface area (Å²) in [7, 11) is 0. The first kappa shape index (κ1) is 12.3. The predicted molar refractivity (Wildman–Crippen MR) is 74.0 cm³/mol. The fourth-order valence-corrected chi connectivity index (χ4v) is 2.48. The molecule has 0 aliphatic carbocycles. The standard InChI is InChI=1S/C12H14ClN3S/c1-2-7-17-11-8-15-16(12(11)14)10-6-4-3-5-9(10)13/h3-6,8H,2,7,14H2,1H3. The quantitative estimate of drug-likeness (QED) is 0.861. The Morgan fingerprint density at radius 3 is 2.88 bits per heavy atom. The van der Waals surface area contributed by atoms with E-state index in [1.54, 1.807) is 22.6 Å². The Labute approximate surface area is 110 Å². The molecule has 3 nitrogen and oxygen atoms in total. The van der Waals surface area contributed by atoms with Gasteiger partial charge in [-0.15, -0.1) is 11.8 Å². The fourth-order valence-electron chi connectivity index (χ4n) is 1.48. The van der Waals surface area contributed by atoms with E-state index in [0.29, 0.717) is 10.8 Å². The van der Waals surface area contributed by atoms with Crippen molar-refractivity contribution in [2.75, 3.05) is 11.5 Å². The van der Waals surface area contributed by atoms with Gasteiger partial charge in [-0.25, -0.2) is 4.68 Å². The number of thioether (sulfide) groups is 1. The summed E-state index contributed by atoms with van der Waals surface area (Å²) < 4.78 is 1.68. The molecule has 0 radical (unpaired) electrons. The zero-order valence-electron chi connectivity index (χ0n) is 9.56. The second-order valence-corrected chi connectivity index (χ2v) is 5.15. The van der Waals surface area contributed by atoms with Gasteiger partial charge in [0.2, 0.25) is 0 Å². The second-order valence-electron chi connectivity index (χ2n) is 3.61. The van der Waals surface area contributed by atoms with Crippen LogP contribution >= 0.6 is 23.4 Å². The Kier molecular flexibility index (Phi) is 3.97. The highest BCUT2D eigenvalue weighted by molar-refractivity contribution is 7.99. The second kappa shape index (κ2) is 5.47. The number of hydrogen-bond acceptors (Lipinski definition) is 3. The van der Waals surface area contributed by atoms with E-state index < -0.39 is 0 Å². The average molecular weight is 268 g/mol. The molecule has 0 amide bonds. The monoisotopic (exact) mass is 267 g/mol. The third-order valence-corrected chi connectivity index (χ3v) is 3.87. The molecule has 2 rings (SSSR count). The van der Waals surface area contributed by atoms with Crippen LogP contribution in [0.25, 0.3) is 5.69 Å². The Hall–Kier alpha value is -1.13. The molecule has 0 saturated heterocycles. The highest BCUT2D eigenvalue weighted by Crippen LogP contribution is 2.29. The van der Waals surface area contributed by atoms with Gasteiger partial charge in [0, 0.05) is 0 Å². The summed E-state index contributed by atoms with van der Waals surface area (Å²) in [6.07, 6.45) is 2.90. The lowest BCUT2D eigenvalue weighted by Crippen LogP contribution is -2.02. The molecule has 2 N–H and O–H groups in total. The first-order valence-corrected chi connectivity index (χ1v) is 6.81. The summed E-state index contributed by atoms with van der Waals surface area (Å²) >= 11 is 7.84. The van der Waals surface area contributed by atoms with Crippen molar-refractivity contribution in [2.24, 2.45) is 0 Å². The fraction of sp³-hybridized carbons (Fsp3) is 0.250. The van der Waals surface area contributed by atoms with Gasteiger partial charge in [-0.2, -0.15) is 5.10 Å². The van der Waals surface area contributed by atoms with E-state index in [9.17, 15) is 0 Å². The molecular weight excluding hydrogens is 254 g/mol. The van der Waals surface area contributed by atoms with Crippen LogP contribution in [0.4, 0.5) is 5.82 Å². The van der Waals surface area contributed by atoms with Gasteiger partial charge in [-0.1, -0.05) is 30.7 Å². The Balaban J connectivity index is 2.34. The van der Waals surface area contributed by atoms with Gasteiger partial charge in [0.25, 0.3) is 0 Å². The van der Waals surface area contributed by atoms with Gasteiger partial charge < -0.3 is 5.73 Å². The molecule has 0 atom stereocenters. The molecule has 17 heavy (non-hydrogen) atoms. The SMILES string of the molecule is CCCSc1cnn(-c2ccccc2Cl)c1N. The Morgan fingerprint density at radius 2 is 2.18 bits per heavy atom. The van der Waals surface area contributed by atoms with Gasteiger partial charge in [0.15, 0.2) is 0 Å². The highest BCUT2D eigenvalue weighted by atomic mass is 35.5. The molecule has 2 aromatic rings. The molecule has 0 aliphatic rings. The topological polar surface area (TPSA) is 43.8 Å². The number of nitrogens with zero attached hydrogens (tertiary/aromatic N) is 2. The number of aromatic nitrogens is 2. The van der Waals surface area contributed by atoms with E-state index in [1.807, 2.05) is 24.3 Å². The van der Waals surface area contributed by atoms with Crippen LogP contribution in [0.5, 0.6) is 0 Å². The van der Waals surface area contributed by atoms with E-state index in [4.69, 9.17) is 17.3 Å². The molecular formula is C12H14ClN3S. The van der Waals surface area contributed by atoms with Crippen LogP contribution in [0, 0.1) is 0 Å². The molecule has 0 bridgehead atoms. The lowest BCUT2D eigenvalue weighted by Gasteiger charge is -2.06. The minimum Gasteiger partial charge on any atom is -0.383 e. The van der Waals surface area contributed by atoms with Crippen LogP contribution in [0.2, 0.25) is 5.02 Å². The molecule has 0 aliphatic heterocycles. The normalized spacial score (nSPS) is 10.7. The van der Waals surface area contributed by atoms with Crippen molar-refractivity contribution < 1.29 is 0 Å². The summed E-state index contributed by atoms with van der Waals surface area (Å²) in [6.45, 7) is 2.14. The molecule has 1 aromatic heterocycles. The minimum atomic E-state index is 0.648. The third-order valence-electron chi connectivity index (χ3n) is 2.31. The number of rotatable bonds is 4. The zero-order chi connectivity index (χ0) is 12.3. The Morgan fingerprint density at radius 1 is 1.41 bits per heavy atom. The number of halogens is 1. The van der Waals surface area contributed by atoms with Gasteiger partial charge >= 0.3 is 0 Å². The number of benzene rings is 1. The molecule has 0 fully saturated rings. The van der Waals surface area contributed by atoms with Crippen LogP contribution < -0.4 is 5.73 Å². The number of anilines is 1. The molecule has 1 heterocycles. The van der Waals surface area contributed by atoms with E-state index in [-0.39, 0.29) is 0 Å². The van der Waals surface area contributed by atoms with Crippen LogP contribution in [0.1, 0.15) is 13.3 Å². The summed E-state index contributed by atoms with van der Waals surface area (Å²) in [4.78, 5) is 1.01. The van der Waals surface area contributed by atoms with Crippen molar-refractivity contribution in [3.8, 4) is 5.69 Å². The highest BCUT2D eigenvalue weighted by Gasteiger charge is 2.11. The number of hydrogen-bond donors (Lipinski definition) is 1. The number of nitrogens with two attached hydrogens (primary N) is 1. The summed E-state index contributed by atoms with van der Waals surface area (Å²) in [5.74, 6) is 1.69. The van der Waals surface area contributed by atoms with Crippen molar-refractivity contribution in [2.45, 2.75) is 18.2 Å². The summed E-state index contributed by atoms with van der Waals surface area (Å²) in [5.41, 5.74) is 6.88. The first-order valence-electron chi connectivity index (χ1n) is 5.45. The number of nitrogen functional groups attached to an aromatic ring is 1. The summed E-state index contributed by atoms with van der Waals surface area (Å²) in [5, 5.41) is 4.93. The van der Waals surface area contributed by atoms with Gasteiger partial charge in [-0.05, 0) is 24.3 Å². The van der Waals surface area contributed by atoms with Gasteiger partial charge in [0.05, 0.1) is 21.8 Å². The molecule has 1 aromatic carbocycles. The Bertz CT molecular complexity index is 510. The van der Waals surface area contributed by atoms with E-state index in [0.717, 1.165) is 22.8 Å². The van der Waals surface area contributed by atoms with Crippen molar-refractivity contribution in [1.29, 1.82) is 0 Å². The maximum atomic E-state index is 6.12. The molecule has 90 valence electrons. The average Bonchev–Trinajstić information content (AvgIpc) is 2.69. The molecule has 0 saturated carbocycles. The third kappa shape index (κ3) is 2.58. The molecule has 5 heteroatoms. The van der Waals surface area contributed by atoms with Crippen molar-refractivity contribution in [3.05, 3.63) is 35.5 Å². The molecule has 0 spiro atoms. The van der Waals surface area contributed by atoms with Crippen molar-refractivity contribution in [3.63, 3.8) is 0 Å². The van der Waals surface area contributed by atoms with Crippen LogP contribution in [0.3, 0.4) is 0 Å². The maximum absolute atomic E-state index is 6.12. The van der Waals surface area contributed by atoms with Crippen LogP contribution in [-0.4, -0.2) is 15.5 Å². The van der Waals surface area contributed by atoms with Crippen LogP contribution in [0.15, 0.2) is 35.4 Å². The first-order chi connectivity index (χ1) is 8.24. The lowest BCUT2D eigenvalue weighted by atomic mass is 10.3. The largest absolute Gasteiger partial charge is 0.383 e.